The lowest BCUT2D eigenvalue weighted by Gasteiger charge is -2.18. The third-order valence-electron chi connectivity index (χ3n) is 7.69. The van der Waals surface area contributed by atoms with Gasteiger partial charge in [-0.2, -0.15) is 0 Å². The van der Waals surface area contributed by atoms with Gasteiger partial charge in [0.15, 0.2) is 0 Å². The SMILES string of the molecule is CCCCCCCCc1ccccc1SC(=S)Nc1cccc(C)c1NC(=S)Sc1ccccc1CCCCCCCC. The largest absolute Gasteiger partial charge is 0.339 e. The van der Waals surface area contributed by atoms with E-state index in [1.165, 1.54) is 98.0 Å². The molecule has 0 amide bonds. The van der Waals surface area contributed by atoms with Crippen LogP contribution in [-0.2, 0) is 12.8 Å². The van der Waals surface area contributed by atoms with Gasteiger partial charge in [-0.15, -0.1) is 0 Å². The second kappa shape index (κ2) is 21.0. The summed E-state index contributed by atoms with van der Waals surface area (Å²) in [6.45, 7) is 6.65. The van der Waals surface area contributed by atoms with Crippen LogP contribution >= 0.6 is 48.0 Å². The van der Waals surface area contributed by atoms with E-state index >= 15 is 0 Å². The van der Waals surface area contributed by atoms with Crippen LogP contribution in [0.3, 0.4) is 0 Å². The third-order valence-corrected chi connectivity index (χ3v) is 10.2. The van der Waals surface area contributed by atoms with E-state index in [1.54, 1.807) is 23.5 Å². The van der Waals surface area contributed by atoms with E-state index in [9.17, 15) is 0 Å². The van der Waals surface area contributed by atoms with Crippen molar-refractivity contribution in [2.75, 3.05) is 10.6 Å². The Morgan fingerprint density at radius 3 is 1.56 bits per heavy atom. The van der Waals surface area contributed by atoms with Gasteiger partial charge in [0, 0.05) is 9.79 Å². The van der Waals surface area contributed by atoms with Crippen LogP contribution < -0.4 is 10.6 Å². The molecule has 232 valence electrons. The molecule has 0 aliphatic heterocycles. The summed E-state index contributed by atoms with van der Waals surface area (Å²) in [5.74, 6) is 0. The summed E-state index contributed by atoms with van der Waals surface area (Å²) in [4.78, 5) is 2.48. The summed E-state index contributed by atoms with van der Waals surface area (Å²) >= 11 is 15.0. The van der Waals surface area contributed by atoms with Crippen LogP contribution in [0.25, 0.3) is 0 Å². The van der Waals surface area contributed by atoms with E-state index in [1.807, 2.05) is 0 Å². The summed E-state index contributed by atoms with van der Waals surface area (Å²) in [6.07, 6.45) is 17.9. The summed E-state index contributed by atoms with van der Waals surface area (Å²) in [5.41, 5.74) is 5.83. The van der Waals surface area contributed by atoms with Crippen LogP contribution in [0, 0.1) is 6.92 Å². The van der Waals surface area contributed by atoms with E-state index in [-0.39, 0.29) is 0 Å². The van der Waals surface area contributed by atoms with Gasteiger partial charge < -0.3 is 10.6 Å². The molecule has 3 rings (SSSR count). The molecule has 0 spiro atoms. The smallest absolute Gasteiger partial charge is 0.143 e. The highest BCUT2D eigenvalue weighted by atomic mass is 32.2. The van der Waals surface area contributed by atoms with Crippen LogP contribution in [-0.4, -0.2) is 8.64 Å². The molecule has 3 aromatic rings. The lowest BCUT2D eigenvalue weighted by atomic mass is 10.1. The number of anilines is 2. The van der Waals surface area contributed by atoms with Gasteiger partial charge in [-0.3, -0.25) is 0 Å². The Morgan fingerprint density at radius 2 is 1.02 bits per heavy atom. The van der Waals surface area contributed by atoms with E-state index in [4.69, 9.17) is 24.4 Å². The van der Waals surface area contributed by atoms with Gasteiger partial charge in [0.1, 0.15) is 8.64 Å². The van der Waals surface area contributed by atoms with Crippen molar-refractivity contribution in [3.05, 3.63) is 83.4 Å². The first-order valence-corrected chi connectivity index (χ1v) is 18.7. The summed E-state index contributed by atoms with van der Waals surface area (Å²) in [7, 11) is 0. The van der Waals surface area contributed by atoms with Crippen molar-refractivity contribution in [2.24, 2.45) is 0 Å². The standard InChI is InChI=1S/C37H50N2S4/c1-4-6-8-10-12-14-22-30-24-16-18-27-33(30)42-36(40)38-32-26-20-21-29(3)35(32)39-37(41)43-34-28-19-17-25-31(34)23-15-13-11-9-7-5-2/h16-21,24-28H,4-15,22-23H2,1-3H3,(H,38,40)(H,39,41). The van der Waals surface area contributed by atoms with E-state index in [0.717, 1.165) is 38.4 Å². The number of aryl methyl sites for hydroxylation is 3. The normalized spacial score (nSPS) is 11.0. The highest BCUT2D eigenvalue weighted by molar-refractivity contribution is 8.23. The minimum absolute atomic E-state index is 0.742. The van der Waals surface area contributed by atoms with Crippen molar-refractivity contribution in [1.82, 2.24) is 0 Å². The topological polar surface area (TPSA) is 24.1 Å². The van der Waals surface area contributed by atoms with Crippen molar-refractivity contribution < 1.29 is 0 Å². The zero-order chi connectivity index (χ0) is 30.7. The highest BCUT2D eigenvalue weighted by Gasteiger charge is 2.13. The van der Waals surface area contributed by atoms with Gasteiger partial charge >= 0.3 is 0 Å². The quantitative estimate of drug-likeness (QED) is 0.0807. The number of thioether (sulfide) groups is 2. The Bertz CT molecular complexity index is 1270. The maximum absolute atomic E-state index is 5.88. The molecule has 0 atom stereocenters. The molecule has 0 saturated heterocycles. The van der Waals surface area contributed by atoms with Gasteiger partial charge in [0.05, 0.1) is 11.4 Å². The molecule has 2 N–H and O–H groups in total. The van der Waals surface area contributed by atoms with Crippen LogP contribution in [0.2, 0.25) is 0 Å². The molecule has 0 fully saturated rings. The van der Waals surface area contributed by atoms with Gasteiger partial charge in [-0.05, 0) is 67.5 Å². The number of hydrogen-bond acceptors (Lipinski definition) is 4. The Hall–Kier alpha value is -1.86. The van der Waals surface area contributed by atoms with Crippen molar-refractivity contribution in [3.63, 3.8) is 0 Å². The molecule has 3 aromatic carbocycles. The molecule has 0 bridgehead atoms. The first kappa shape index (κ1) is 35.6. The predicted molar refractivity (Wildman–Crippen MR) is 202 cm³/mol. The maximum atomic E-state index is 5.88. The fourth-order valence-electron chi connectivity index (χ4n) is 5.21. The number of thiocarbonyl (C=S) groups is 2. The number of para-hydroxylation sites is 1. The Balaban J connectivity index is 1.58. The van der Waals surface area contributed by atoms with E-state index in [2.05, 4.69) is 98.1 Å². The second-order valence-electron chi connectivity index (χ2n) is 11.3. The van der Waals surface area contributed by atoms with Gasteiger partial charge in [0.2, 0.25) is 0 Å². The molecule has 0 saturated carbocycles. The fraction of sp³-hybridized carbons (Fsp3) is 0.459. The molecule has 0 aromatic heterocycles. The van der Waals surface area contributed by atoms with Crippen LogP contribution in [0.4, 0.5) is 11.4 Å². The summed E-state index contributed by atoms with van der Waals surface area (Å²) in [5, 5.41) is 7.05. The summed E-state index contributed by atoms with van der Waals surface area (Å²) < 4.78 is 1.49. The Morgan fingerprint density at radius 1 is 0.558 bits per heavy atom. The minimum Gasteiger partial charge on any atom is -0.339 e. The zero-order valence-corrected chi connectivity index (χ0v) is 29.6. The maximum Gasteiger partial charge on any atom is 0.143 e. The lowest BCUT2D eigenvalue weighted by Crippen LogP contribution is -2.12. The highest BCUT2D eigenvalue weighted by Crippen LogP contribution is 2.33. The van der Waals surface area contributed by atoms with E-state index < -0.39 is 0 Å². The number of hydrogen-bond donors (Lipinski definition) is 2. The molecule has 0 radical (unpaired) electrons. The third kappa shape index (κ3) is 13.3. The molecule has 6 heteroatoms. The van der Waals surface area contributed by atoms with Crippen LogP contribution in [0.1, 0.15) is 108 Å². The molecule has 2 nitrogen and oxygen atoms in total. The van der Waals surface area contributed by atoms with Crippen molar-refractivity contribution in [1.29, 1.82) is 0 Å². The second-order valence-corrected chi connectivity index (χ2v) is 14.7. The Kier molecular flexibility index (Phi) is 17.4. The van der Waals surface area contributed by atoms with Crippen molar-refractivity contribution in [2.45, 2.75) is 120 Å². The number of benzene rings is 3. The van der Waals surface area contributed by atoms with Crippen LogP contribution in [0.5, 0.6) is 0 Å². The average Bonchev–Trinajstić information content (AvgIpc) is 3.00. The number of unbranched alkanes of at least 4 members (excludes halogenated alkanes) is 10. The molecule has 0 aliphatic carbocycles. The fourth-order valence-corrected chi connectivity index (χ4v) is 7.57. The molecule has 43 heavy (non-hydrogen) atoms. The minimum atomic E-state index is 0.742. The van der Waals surface area contributed by atoms with Crippen LogP contribution in [0.15, 0.2) is 76.5 Å². The van der Waals surface area contributed by atoms with Crippen molar-refractivity contribution >= 4 is 68.0 Å². The molecule has 0 unspecified atom stereocenters. The first-order valence-electron chi connectivity index (χ1n) is 16.2. The first-order chi connectivity index (χ1) is 21.0. The predicted octanol–water partition coefficient (Wildman–Crippen LogP) is 12.8. The molecule has 0 heterocycles. The van der Waals surface area contributed by atoms with E-state index in [0.29, 0.717) is 0 Å². The molecular formula is C37H50N2S4. The monoisotopic (exact) mass is 650 g/mol. The molecule has 0 aliphatic rings. The zero-order valence-electron chi connectivity index (χ0n) is 26.4. The van der Waals surface area contributed by atoms with Gasteiger partial charge in [-0.25, -0.2) is 0 Å². The molecular weight excluding hydrogens is 601 g/mol. The number of nitrogens with one attached hydrogen (secondary N) is 2. The summed E-state index contributed by atoms with van der Waals surface area (Å²) in [6, 6.07) is 23.6. The number of rotatable bonds is 18. The van der Waals surface area contributed by atoms with Gasteiger partial charge in [-0.1, -0.05) is 175 Å². The lowest BCUT2D eigenvalue weighted by molar-refractivity contribution is 0.606. The van der Waals surface area contributed by atoms with Gasteiger partial charge in [0.25, 0.3) is 0 Å². The average molecular weight is 651 g/mol. The Labute approximate surface area is 281 Å². The van der Waals surface area contributed by atoms with Crippen molar-refractivity contribution in [3.8, 4) is 0 Å².